The van der Waals surface area contributed by atoms with Crippen molar-refractivity contribution in [2.24, 2.45) is 5.73 Å². The molecule has 10 aromatic heterocycles. The summed E-state index contributed by atoms with van der Waals surface area (Å²) in [6.07, 6.45) is 4.12. The van der Waals surface area contributed by atoms with Crippen LogP contribution in [0.4, 0.5) is 29.1 Å². The summed E-state index contributed by atoms with van der Waals surface area (Å²) in [7, 11) is 8.57. The molecule has 0 spiro atoms. The van der Waals surface area contributed by atoms with Crippen molar-refractivity contribution in [2.75, 3.05) is 191 Å². The maximum atomic E-state index is 10.5. The number of benzene rings is 1. The first-order valence-electron chi connectivity index (χ1n) is 35.8. The molecule has 8 N–H and O–H groups in total. The summed E-state index contributed by atoms with van der Waals surface area (Å²) in [5.74, 6) is 6.26. The van der Waals surface area contributed by atoms with E-state index in [1.807, 2.05) is 37.1 Å². The maximum absolute atomic E-state index is 10.5. The number of hydrogen-bond donors (Lipinski definition) is 7. The molecule has 5 saturated heterocycles. The van der Waals surface area contributed by atoms with Crippen LogP contribution in [-0.2, 0) is 68.4 Å². The van der Waals surface area contributed by atoms with Crippen LogP contribution in [0.15, 0.2) is 54.6 Å². The summed E-state index contributed by atoms with van der Waals surface area (Å²) in [6, 6.07) is 15.8. The van der Waals surface area contributed by atoms with Gasteiger partial charge in [-0.25, -0.2) is 33.3 Å². The standard InChI is InChI=1S/C13H15BClN4O2S.C12H15ClN4OS.C12H14ClN3OS.2C11H12ClN3O2S.C6H7BO3.C2HBO2.CH3ClO2S.CH5N.B.Na.H/c1-18(14-8-20)7-9-6-10-11(22-9)12(17-13(15)16-10)19-2-4-21-5-3-19;1-14-7-8-6-9-10(19-8)11(16-12(13)15-9)17-2-4-18-5-3-17;1-2-8-7-9-10(18-8)11(15-12(13)14-9)16-3-5-17-6-4-16;1-16-8-6-7-9(18-8)10(14-11(12)13-7)15-2-4-17-5-3-15;12-11-13-8-5-7(6-16)18-9(8)10(14-11)15-1-3-17-4-2-15;8-6-3-1-2-5(4-6)7(9)10;4-2-1-3-5;1-5(2,3)4;1-2;;;/h6,8H,2-5,7H2,1H3;6,14H,2-5,7H2,1H3;7H,2-6H2,1H3;6H,2-5H2,1H3;5,16H,1-4,6H2;1-4,8-10H;4H;1H3;2H2,1H3;;;/q;;;;;;;;;;+1;-1. The first kappa shape index (κ1) is 102. The predicted octanol–water partition coefficient (Wildman–Crippen LogP) is 4.82. The topological polar surface area (TPSA) is 411 Å². The number of methoxy groups -OCH3 is 1. The fourth-order valence-electron chi connectivity index (χ4n) is 11.4. The molecule has 0 atom stereocenters. The van der Waals surface area contributed by atoms with Crippen LogP contribution < -0.4 is 75.3 Å². The Balaban J connectivity index is 0.000000250. The number of hydrogen-bond acceptors (Lipinski definition) is 38. The van der Waals surface area contributed by atoms with Gasteiger partial charge in [-0.2, -0.15) is 24.9 Å². The van der Waals surface area contributed by atoms with Crippen LogP contribution in [0.25, 0.3) is 51.1 Å². The van der Waals surface area contributed by atoms with Crippen molar-refractivity contribution in [1.82, 2.24) is 60.0 Å². The molecule has 0 saturated carbocycles. The van der Waals surface area contributed by atoms with E-state index in [2.05, 4.69) is 115 Å². The number of phenols is 1. The van der Waals surface area contributed by atoms with Crippen molar-refractivity contribution in [1.29, 1.82) is 0 Å². The van der Waals surface area contributed by atoms with Crippen LogP contribution in [0.5, 0.6) is 10.8 Å². The third-order valence-electron chi connectivity index (χ3n) is 16.4. The zero-order chi connectivity index (χ0) is 84.6. The third kappa shape index (κ3) is 32.1. The van der Waals surface area contributed by atoms with Crippen molar-refractivity contribution < 1.29 is 103 Å². The number of halogens is 6. The number of phenolic OH excluding ortho intramolecular Hbond substituents is 1. The van der Waals surface area contributed by atoms with Gasteiger partial charge in [-0.3, -0.25) is 0 Å². The molecule has 33 nitrogen and oxygen atoms in total. The molecule has 5 aliphatic rings. The fraction of sp³-hybridized carbons (Fsp3) is 0.435. The van der Waals surface area contributed by atoms with Crippen molar-refractivity contribution in [3.63, 3.8) is 0 Å². The number of aromatic nitrogens is 10. The number of carbonyl (C=O) groups excluding carboxylic acids is 1. The Morgan fingerprint density at radius 2 is 0.908 bits per heavy atom. The molecule has 119 heavy (non-hydrogen) atoms. The second-order valence-electron chi connectivity index (χ2n) is 24.5. The summed E-state index contributed by atoms with van der Waals surface area (Å²) in [5, 5.41) is 48.1. The van der Waals surface area contributed by atoms with Crippen LogP contribution in [0.3, 0.4) is 0 Å². The van der Waals surface area contributed by atoms with Gasteiger partial charge in [0.15, 0.2) is 34.2 Å². The number of nitrogens with one attached hydrogen (secondary N) is 1. The minimum atomic E-state index is -3.19. The number of aromatic hydroxyl groups is 1. The number of nitrogens with two attached hydrogens (primary N) is 1. The number of aliphatic hydroxyl groups is 2. The van der Waals surface area contributed by atoms with Crippen LogP contribution in [0, 0.1) is 11.9 Å². The monoisotopic (exact) mass is 1870 g/mol. The number of aryl methyl sites for hydroxylation is 1. The molecule has 1 aromatic carbocycles. The molecule has 0 bridgehead atoms. The first-order valence-corrected chi connectivity index (χ1v) is 44.5. The quantitative estimate of drug-likeness (QED) is 0.0238. The molecule has 0 unspecified atom stereocenters. The smallest absolute Gasteiger partial charge is 1.00 e. The Kier molecular flexibility index (Phi) is 45.4. The second-order valence-corrected chi connectivity index (χ2v) is 34.8. The third-order valence-corrected chi connectivity index (χ3v) is 23.0. The Morgan fingerprint density at radius 1 is 0.588 bits per heavy atom. The van der Waals surface area contributed by atoms with E-state index < -0.39 is 16.2 Å². The van der Waals surface area contributed by atoms with Gasteiger partial charge >= 0.3 is 65.6 Å². The van der Waals surface area contributed by atoms with E-state index in [-0.39, 0.29) is 67.6 Å². The van der Waals surface area contributed by atoms with Crippen LogP contribution in [-0.4, -0.2) is 291 Å². The van der Waals surface area contributed by atoms with E-state index >= 15 is 0 Å². The minimum absolute atomic E-state index is 0. The SMILES string of the molecule is CCc1cc2nc(Cl)nc(N3CCOCC3)c2s1.CN.CN([B]C=O)Cc1cc2nc(Cl)nc(N3CCOCC3)c2s1.CNCc1cc2nc(Cl)nc(N3CCOCC3)c2s1.COc1cc2nc(Cl)nc(N3CCOCC3)c2s1.CS(=O)(=O)Cl.O=BC#CO.OB(O)c1cccc(O)c1.OCc1cc2nc(Cl)nc(N3CCOCC3)c2s1.[B].[H-].[Na+]. The van der Waals surface area contributed by atoms with Gasteiger partial charge in [-0.1, -0.05) is 30.4 Å². The summed E-state index contributed by atoms with van der Waals surface area (Å²) < 4.78 is 65.2. The number of morpholine rings is 5. The van der Waals surface area contributed by atoms with Gasteiger partial charge in [-0.05, 0) is 127 Å². The van der Waals surface area contributed by atoms with Crippen molar-refractivity contribution in [3.05, 3.63) is 101 Å². The van der Waals surface area contributed by atoms with Gasteiger partial charge in [0.25, 0.3) is 7.41 Å². The molecule has 15 heterocycles. The van der Waals surface area contributed by atoms with E-state index in [1.54, 1.807) is 53.0 Å². The molecular formula is C69H85B4Cl6N18NaO15S6. The molecule has 5 aliphatic heterocycles. The Labute approximate surface area is 764 Å². The Morgan fingerprint density at radius 3 is 1.20 bits per heavy atom. The number of rotatable bonds is 15. The molecule has 5 fully saturated rings. The molecule has 16 rings (SSSR count). The van der Waals surface area contributed by atoms with Crippen LogP contribution in [0.2, 0.25) is 26.4 Å². The Hall–Kier alpha value is -5.64. The predicted molar refractivity (Wildman–Crippen MR) is 478 cm³/mol. The normalized spacial score (nSPS) is 14.3. The first-order chi connectivity index (χ1) is 56.4. The van der Waals surface area contributed by atoms with Crippen LogP contribution in [0.1, 0.15) is 27.9 Å². The van der Waals surface area contributed by atoms with Gasteiger partial charge in [0, 0.05) is 123 Å². The summed E-state index contributed by atoms with van der Waals surface area (Å²) >= 11 is 38.2. The van der Waals surface area contributed by atoms with E-state index in [0.717, 1.165) is 212 Å². The molecule has 0 amide bonds. The largest absolute Gasteiger partial charge is 1.00 e. The van der Waals surface area contributed by atoms with Gasteiger partial charge in [-0.15, -0.1) is 45.3 Å². The number of anilines is 5. The molecule has 11 aromatic rings. The Bertz CT molecular complexity index is 4940. The maximum Gasteiger partial charge on any atom is 1.00 e. The molecular weight excluding hydrogens is 1790 g/mol. The minimum Gasteiger partial charge on any atom is -1.00 e. The fourth-order valence-corrected chi connectivity index (χ4v) is 17.5. The number of nitrogens with zero attached hydrogens (tertiary/aromatic N) is 16. The van der Waals surface area contributed by atoms with Gasteiger partial charge < -0.3 is 95.3 Å². The van der Waals surface area contributed by atoms with Gasteiger partial charge in [0.1, 0.15) is 5.75 Å². The van der Waals surface area contributed by atoms with Crippen molar-refractivity contribution >= 4 is 256 Å². The average molecular weight is 1880 g/mol. The molecule has 4 radical (unpaired) electrons. The van der Waals surface area contributed by atoms with Crippen molar-refractivity contribution in [3.8, 4) is 22.7 Å². The van der Waals surface area contributed by atoms with Crippen molar-refractivity contribution in [2.45, 2.75) is 33.0 Å². The second kappa shape index (κ2) is 52.9. The van der Waals surface area contributed by atoms with Gasteiger partial charge in [0.2, 0.25) is 35.5 Å². The summed E-state index contributed by atoms with van der Waals surface area (Å²) in [4.78, 5) is 71.1. The summed E-state index contributed by atoms with van der Waals surface area (Å²) in [5.41, 5.74) is 9.15. The number of fused-ring (bicyclic) bond motifs is 5. The van der Waals surface area contributed by atoms with E-state index in [0.29, 0.717) is 69.4 Å². The number of carbonyl (C=O) groups is 1. The number of ether oxygens (including phenoxy) is 6. The molecule has 632 valence electrons. The van der Waals surface area contributed by atoms with Crippen LogP contribution >= 0.6 is 125 Å². The zero-order valence-electron chi connectivity index (χ0n) is 66.8. The number of aliphatic hydroxyl groups excluding tert-OH is 2. The summed E-state index contributed by atoms with van der Waals surface area (Å²) in [6.45, 7) is 19.1. The molecule has 50 heteroatoms. The van der Waals surface area contributed by atoms with E-state index in [9.17, 15) is 18.3 Å². The number of thiophene rings is 5. The average Bonchev–Trinajstić information content (AvgIpc) is 1.61. The zero-order valence-corrected chi connectivity index (χ0v) is 77.3. The van der Waals surface area contributed by atoms with Gasteiger partial charge in [0.05, 0.1) is 143 Å². The van der Waals surface area contributed by atoms with E-state index in [4.69, 9.17) is 111 Å². The van der Waals surface area contributed by atoms with E-state index in [1.165, 1.54) is 71.2 Å². The molecule has 0 aliphatic carbocycles.